The van der Waals surface area contributed by atoms with Gasteiger partial charge in [-0.1, -0.05) is 64.0 Å². The van der Waals surface area contributed by atoms with Gasteiger partial charge in [-0.25, -0.2) is 4.79 Å². The van der Waals surface area contributed by atoms with Gasteiger partial charge in [-0.2, -0.15) is 0 Å². The number of carboxylic acid groups (broad SMARTS) is 2. The highest BCUT2D eigenvalue weighted by Gasteiger charge is 2.23. The fourth-order valence-corrected chi connectivity index (χ4v) is 3.79. The number of aliphatic hydroxyl groups is 2. The first-order chi connectivity index (χ1) is 16.8. The topological polar surface area (TPSA) is 137 Å². The molecule has 0 amide bonds. The maximum atomic E-state index is 11.1. The Morgan fingerprint density at radius 2 is 1.49 bits per heavy atom. The number of hydrogen-bond acceptors (Lipinski definition) is 6. The number of ether oxygens (including phenoxy) is 1. The first-order valence-corrected chi connectivity index (χ1v) is 12.4. The Morgan fingerprint density at radius 3 is 2.09 bits per heavy atom. The molecular formula is C27H37NO7. The van der Waals surface area contributed by atoms with E-state index in [1.165, 1.54) is 56.4 Å². The highest BCUT2D eigenvalue weighted by molar-refractivity contribution is 5.87. The van der Waals surface area contributed by atoms with Gasteiger partial charge in [0.15, 0.2) is 0 Å². The number of carbonyl (C=O) groups is 2. The molecule has 2 atom stereocenters. The molecule has 0 saturated carbocycles. The molecule has 192 valence electrons. The van der Waals surface area contributed by atoms with Crippen molar-refractivity contribution in [2.24, 2.45) is 0 Å². The normalized spacial score (nSPS) is 12.8. The van der Waals surface area contributed by atoms with E-state index in [0.717, 1.165) is 19.3 Å². The van der Waals surface area contributed by atoms with Gasteiger partial charge in [-0.05, 0) is 36.2 Å². The Balaban J connectivity index is 2.00. The number of aromatic nitrogens is 1. The highest BCUT2D eigenvalue weighted by atomic mass is 16.5. The van der Waals surface area contributed by atoms with Gasteiger partial charge in [0.1, 0.15) is 18.0 Å². The van der Waals surface area contributed by atoms with Crippen molar-refractivity contribution in [3.63, 3.8) is 0 Å². The van der Waals surface area contributed by atoms with E-state index in [4.69, 9.17) is 14.9 Å². The molecule has 0 aliphatic rings. The third-order valence-corrected chi connectivity index (χ3v) is 5.89. The number of aryl methyl sites for hydroxylation is 1. The Kier molecular flexibility index (Phi) is 12.2. The van der Waals surface area contributed by atoms with Gasteiger partial charge in [-0.15, -0.1) is 0 Å². The summed E-state index contributed by atoms with van der Waals surface area (Å²) in [5.41, 5.74) is 1.01. The lowest BCUT2D eigenvalue weighted by atomic mass is 10.00. The number of rotatable bonds is 17. The minimum Gasteiger partial charge on any atom is -0.492 e. The number of aromatic carboxylic acids is 1. The van der Waals surface area contributed by atoms with Crippen molar-refractivity contribution in [2.45, 2.75) is 83.3 Å². The van der Waals surface area contributed by atoms with Crippen LogP contribution in [0.1, 0.15) is 104 Å². The van der Waals surface area contributed by atoms with E-state index in [0.29, 0.717) is 23.6 Å². The molecule has 0 spiro atoms. The van der Waals surface area contributed by atoms with Crippen LogP contribution < -0.4 is 4.74 Å². The van der Waals surface area contributed by atoms with Crippen molar-refractivity contribution >= 4 is 11.9 Å². The standard InChI is InChI=1S/C27H37NO7/c1-2-3-4-5-6-7-8-9-18-35-23-16-14-22(28-21(23)15-17-24(29)30)26(32)25(31)19-10-12-20(13-11-19)27(33)34/h10-14,16,25-26,31-32H,2-9,15,17-18H2,1H3,(H,29,30)(H,33,34)/t25-,26-/m0/s1. The SMILES string of the molecule is CCCCCCCCCCOc1ccc([C@H](O)[C@@H](O)c2ccc(C(=O)O)cc2)nc1CCC(=O)O. The zero-order chi connectivity index (χ0) is 25.6. The van der Waals surface area contributed by atoms with Crippen molar-refractivity contribution < 1.29 is 34.8 Å². The molecule has 2 rings (SSSR count). The molecule has 0 radical (unpaired) electrons. The molecular weight excluding hydrogens is 450 g/mol. The number of benzene rings is 1. The van der Waals surface area contributed by atoms with E-state index in [1.54, 1.807) is 12.1 Å². The lowest BCUT2D eigenvalue weighted by molar-refractivity contribution is -0.137. The molecule has 1 aromatic carbocycles. The van der Waals surface area contributed by atoms with Gasteiger partial charge in [0, 0.05) is 6.42 Å². The van der Waals surface area contributed by atoms with Crippen molar-refractivity contribution in [1.29, 1.82) is 0 Å². The van der Waals surface area contributed by atoms with Gasteiger partial charge < -0.3 is 25.2 Å². The Morgan fingerprint density at radius 1 is 0.857 bits per heavy atom. The van der Waals surface area contributed by atoms with Gasteiger partial charge >= 0.3 is 11.9 Å². The molecule has 4 N–H and O–H groups in total. The Labute approximate surface area is 206 Å². The number of aliphatic hydroxyl groups excluding tert-OH is 2. The van der Waals surface area contributed by atoms with E-state index >= 15 is 0 Å². The first kappa shape index (κ1) is 28.3. The second kappa shape index (κ2) is 15.1. The molecule has 0 aliphatic carbocycles. The molecule has 1 aromatic heterocycles. The number of aliphatic carboxylic acids is 1. The summed E-state index contributed by atoms with van der Waals surface area (Å²) >= 11 is 0. The maximum Gasteiger partial charge on any atom is 0.335 e. The molecule has 8 nitrogen and oxygen atoms in total. The lowest BCUT2D eigenvalue weighted by Gasteiger charge is -2.20. The van der Waals surface area contributed by atoms with Crippen LogP contribution in [0, 0.1) is 0 Å². The van der Waals surface area contributed by atoms with E-state index < -0.39 is 24.1 Å². The number of pyridine rings is 1. The summed E-state index contributed by atoms with van der Waals surface area (Å²) in [4.78, 5) is 26.5. The Hall–Kier alpha value is -2.97. The summed E-state index contributed by atoms with van der Waals surface area (Å²) in [5.74, 6) is -1.57. The molecule has 2 aromatic rings. The van der Waals surface area contributed by atoms with E-state index in [2.05, 4.69) is 11.9 Å². The second-order valence-corrected chi connectivity index (χ2v) is 8.71. The first-order valence-electron chi connectivity index (χ1n) is 12.4. The van der Waals surface area contributed by atoms with E-state index in [1.807, 2.05) is 0 Å². The van der Waals surface area contributed by atoms with Gasteiger partial charge in [0.25, 0.3) is 0 Å². The third-order valence-electron chi connectivity index (χ3n) is 5.89. The highest BCUT2D eigenvalue weighted by Crippen LogP contribution is 2.30. The average Bonchev–Trinajstić information content (AvgIpc) is 2.86. The number of nitrogens with zero attached hydrogens (tertiary/aromatic N) is 1. The molecule has 0 unspecified atom stereocenters. The zero-order valence-electron chi connectivity index (χ0n) is 20.4. The van der Waals surface area contributed by atoms with Crippen LogP contribution >= 0.6 is 0 Å². The molecule has 0 aliphatic heterocycles. The molecule has 0 bridgehead atoms. The molecule has 8 heteroatoms. The number of carboxylic acids is 2. The van der Waals surface area contributed by atoms with E-state index in [-0.39, 0.29) is 24.1 Å². The summed E-state index contributed by atoms with van der Waals surface area (Å²) < 4.78 is 5.87. The van der Waals surface area contributed by atoms with Crippen LogP contribution in [0.25, 0.3) is 0 Å². The second-order valence-electron chi connectivity index (χ2n) is 8.71. The molecule has 0 fully saturated rings. The Bertz CT molecular complexity index is 930. The molecule has 35 heavy (non-hydrogen) atoms. The minimum atomic E-state index is -1.38. The van der Waals surface area contributed by atoms with Crippen molar-refractivity contribution in [3.05, 3.63) is 58.9 Å². The molecule has 0 saturated heterocycles. The largest absolute Gasteiger partial charge is 0.492 e. The van der Waals surface area contributed by atoms with Crippen molar-refractivity contribution in [1.82, 2.24) is 4.98 Å². The van der Waals surface area contributed by atoms with Crippen LogP contribution in [0.15, 0.2) is 36.4 Å². The summed E-state index contributed by atoms with van der Waals surface area (Å²) in [5, 5.41) is 39.4. The minimum absolute atomic E-state index is 0.0718. The number of hydrogen-bond donors (Lipinski definition) is 4. The number of unbranched alkanes of at least 4 members (excludes halogenated alkanes) is 7. The maximum absolute atomic E-state index is 11.1. The predicted molar refractivity (Wildman–Crippen MR) is 132 cm³/mol. The van der Waals surface area contributed by atoms with Gasteiger partial charge in [0.05, 0.1) is 30.0 Å². The summed E-state index contributed by atoms with van der Waals surface area (Å²) in [6, 6.07) is 8.76. The average molecular weight is 488 g/mol. The zero-order valence-corrected chi connectivity index (χ0v) is 20.4. The smallest absolute Gasteiger partial charge is 0.335 e. The predicted octanol–water partition coefficient (Wildman–Crippen LogP) is 5.08. The van der Waals surface area contributed by atoms with Crippen LogP contribution in [0.2, 0.25) is 0 Å². The third kappa shape index (κ3) is 9.66. The van der Waals surface area contributed by atoms with Crippen LogP contribution in [-0.4, -0.2) is 44.0 Å². The van der Waals surface area contributed by atoms with Crippen LogP contribution in [0.4, 0.5) is 0 Å². The lowest BCUT2D eigenvalue weighted by Crippen LogP contribution is -2.14. The quantitative estimate of drug-likeness (QED) is 0.227. The fraction of sp³-hybridized carbons (Fsp3) is 0.519. The molecule has 1 heterocycles. The van der Waals surface area contributed by atoms with Gasteiger partial charge in [0.2, 0.25) is 0 Å². The summed E-state index contributed by atoms with van der Waals surface area (Å²) in [6.45, 7) is 2.70. The monoisotopic (exact) mass is 487 g/mol. The fourth-order valence-electron chi connectivity index (χ4n) is 3.79. The van der Waals surface area contributed by atoms with Crippen LogP contribution in [-0.2, 0) is 11.2 Å². The summed E-state index contributed by atoms with van der Waals surface area (Å²) in [7, 11) is 0. The summed E-state index contributed by atoms with van der Waals surface area (Å²) in [6.07, 6.45) is 6.68. The van der Waals surface area contributed by atoms with Gasteiger partial charge in [-0.3, -0.25) is 9.78 Å². The van der Waals surface area contributed by atoms with Crippen LogP contribution in [0.3, 0.4) is 0 Å². The van der Waals surface area contributed by atoms with Crippen LogP contribution in [0.5, 0.6) is 5.75 Å². The van der Waals surface area contributed by atoms with Crippen molar-refractivity contribution in [2.75, 3.05) is 6.61 Å². The van der Waals surface area contributed by atoms with E-state index in [9.17, 15) is 19.8 Å². The van der Waals surface area contributed by atoms with Crippen molar-refractivity contribution in [3.8, 4) is 5.75 Å².